The van der Waals surface area contributed by atoms with Crippen molar-refractivity contribution in [2.45, 2.75) is 0 Å². The highest BCUT2D eigenvalue weighted by Gasteiger charge is 2.25. The fraction of sp³-hybridized carbons (Fsp3) is 0.105. The van der Waals surface area contributed by atoms with Crippen LogP contribution >= 0.6 is 23.4 Å². The summed E-state index contributed by atoms with van der Waals surface area (Å²) in [4.78, 5) is 35.4. The number of benzene rings is 2. The Morgan fingerprint density at radius 2 is 2.07 bits per heavy atom. The van der Waals surface area contributed by atoms with E-state index in [2.05, 4.69) is 10.6 Å². The molecule has 0 radical (unpaired) electrons. The van der Waals surface area contributed by atoms with E-state index >= 15 is 0 Å². The average molecular weight is 419 g/mol. The van der Waals surface area contributed by atoms with Gasteiger partial charge in [-0.1, -0.05) is 17.7 Å². The van der Waals surface area contributed by atoms with Crippen LogP contribution in [0.25, 0.3) is 6.08 Å². The lowest BCUT2D eigenvalue weighted by atomic mass is 10.2. The SMILES string of the molecule is COc1cccc(NC(=O)COc2ccc(Cl)cc2/C=C2\SC(=O)NC2=O)c1. The molecular formula is C19H15ClN2O5S. The first-order valence-electron chi connectivity index (χ1n) is 8.06. The predicted octanol–water partition coefficient (Wildman–Crippen LogP) is 3.69. The Hall–Kier alpha value is -2.97. The summed E-state index contributed by atoms with van der Waals surface area (Å²) in [5.74, 6) is 0.110. The van der Waals surface area contributed by atoms with E-state index in [0.717, 1.165) is 11.8 Å². The number of nitrogens with one attached hydrogen (secondary N) is 2. The molecule has 0 spiro atoms. The van der Waals surface area contributed by atoms with E-state index in [9.17, 15) is 14.4 Å². The topological polar surface area (TPSA) is 93.7 Å². The highest BCUT2D eigenvalue weighted by Crippen LogP contribution is 2.30. The van der Waals surface area contributed by atoms with Gasteiger partial charge in [0.1, 0.15) is 11.5 Å². The summed E-state index contributed by atoms with van der Waals surface area (Å²) >= 11 is 6.80. The second-order valence-corrected chi connectivity index (χ2v) is 7.05. The third kappa shape index (κ3) is 5.05. The minimum atomic E-state index is -0.489. The number of rotatable bonds is 6. The van der Waals surface area contributed by atoms with Gasteiger partial charge in [0.25, 0.3) is 17.1 Å². The average Bonchev–Trinajstić information content (AvgIpc) is 2.98. The van der Waals surface area contributed by atoms with Crippen molar-refractivity contribution in [2.24, 2.45) is 0 Å². The minimum Gasteiger partial charge on any atom is -0.497 e. The number of anilines is 1. The maximum Gasteiger partial charge on any atom is 0.290 e. The monoisotopic (exact) mass is 418 g/mol. The lowest BCUT2D eigenvalue weighted by Gasteiger charge is -2.11. The number of methoxy groups -OCH3 is 1. The van der Waals surface area contributed by atoms with Gasteiger partial charge in [-0.3, -0.25) is 19.7 Å². The van der Waals surface area contributed by atoms with Crippen molar-refractivity contribution >= 4 is 52.2 Å². The van der Waals surface area contributed by atoms with Crippen LogP contribution in [0.1, 0.15) is 5.56 Å². The van der Waals surface area contributed by atoms with Crippen molar-refractivity contribution in [2.75, 3.05) is 19.0 Å². The number of halogens is 1. The molecule has 1 aliphatic rings. The zero-order chi connectivity index (χ0) is 20.1. The number of thioether (sulfide) groups is 1. The molecule has 0 saturated carbocycles. The number of ether oxygens (including phenoxy) is 2. The molecule has 0 unspecified atom stereocenters. The molecule has 1 heterocycles. The van der Waals surface area contributed by atoms with Crippen molar-refractivity contribution in [3.05, 3.63) is 58.0 Å². The first-order chi connectivity index (χ1) is 13.4. The fourth-order valence-electron chi connectivity index (χ4n) is 2.37. The molecule has 2 aromatic rings. The van der Waals surface area contributed by atoms with Crippen LogP contribution in [-0.2, 0) is 9.59 Å². The quantitative estimate of drug-likeness (QED) is 0.695. The van der Waals surface area contributed by atoms with Crippen LogP contribution in [0, 0.1) is 0 Å². The highest BCUT2D eigenvalue weighted by atomic mass is 35.5. The Labute approximate surface area is 170 Å². The molecule has 0 aliphatic carbocycles. The molecule has 1 saturated heterocycles. The number of amides is 3. The number of imide groups is 1. The van der Waals surface area contributed by atoms with Crippen LogP contribution in [0.5, 0.6) is 11.5 Å². The number of hydrogen-bond acceptors (Lipinski definition) is 6. The van der Waals surface area contributed by atoms with Crippen molar-refractivity contribution in [3.8, 4) is 11.5 Å². The maximum atomic E-state index is 12.2. The van der Waals surface area contributed by atoms with E-state index in [0.29, 0.717) is 27.8 Å². The number of carbonyl (C=O) groups excluding carboxylic acids is 3. The summed E-state index contributed by atoms with van der Waals surface area (Å²) in [6.07, 6.45) is 1.49. The Kier molecular flexibility index (Phi) is 6.23. The number of hydrogen-bond donors (Lipinski definition) is 2. The predicted molar refractivity (Wildman–Crippen MR) is 108 cm³/mol. The third-order valence-electron chi connectivity index (χ3n) is 3.61. The zero-order valence-corrected chi connectivity index (χ0v) is 16.2. The second kappa shape index (κ2) is 8.81. The van der Waals surface area contributed by atoms with Crippen LogP contribution in [0.4, 0.5) is 10.5 Å². The summed E-state index contributed by atoms with van der Waals surface area (Å²) in [5, 5.41) is 4.86. The van der Waals surface area contributed by atoms with E-state index in [4.69, 9.17) is 21.1 Å². The standard InChI is InChI=1S/C19H15ClN2O5S/c1-26-14-4-2-3-13(9-14)21-17(23)10-27-15-6-5-12(20)7-11(15)8-16-18(24)22-19(25)28-16/h2-9H,10H2,1H3,(H,21,23)(H,22,24,25)/b16-8-. The van der Waals surface area contributed by atoms with Crippen molar-refractivity contribution in [1.82, 2.24) is 5.32 Å². The van der Waals surface area contributed by atoms with Gasteiger partial charge in [0, 0.05) is 22.3 Å². The molecule has 9 heteroatoms. The number of carbonyl (C=O) groups is 3. The van der Waals surface area contributed by atoms with Crippen LogP contribution < -0.4 is 20.1 Å². The van der Waals surface area contributed by atoms with E-state index in [1.165, 1.54) is 13.2 Å². The summed E-state index contributed by atoms with van der Waals surface area (Å²) in [5.41, 5.74) is 1.05. The molecule has 0 aromatic heterocycles. The second-order valence-electron chi connectivity index (χ2n) is 5.60. The summed E-state index contributed by atoms with van der Waals surface area (Å²) in [7, 11) is 1.54. The van der Waals surface area contributed by atoms with Crippen LogP contribution in [0.2, 0.25) is 5.02 Å². The molecule has 3 amide bonds. The largest absolute Gasteiger partial charge is 0.497 e. The normalized spacial score (nSPS) is 14.7. The molecule has 2 aromatic carbocycles. The maximum absolute atomic E-state index is 12.2. The van der Waals surface area contributed by atoms with E-state index < -0.39 is 11.1 Å². The van der Waals surface area contributed by atoms with Gasteiger partial charge in [-0.2, -0.15) is 0 Å². The van der Waals surface area contributed by atoms with Crippen molar-refractivity contribution in [1.29, 1.82) is 0 Å². The Balaban J connectivity index is 1.70. The molecule has 1 aliphatic heterocycles. The van der Waals surface area contributed by atoms with Crippen molar-refractivity contribution in [3.63, 3.8) is 0 Å². The molecule has 0 atom stereocenters. The van der Waals surface area contributed by atoms with Gasteiger partial charge in [0.15, 0.2) is 6.61 Å². The first-order valence-corrected chi connectivity index (χ1v) is 9.25. The van der Waals surface area contributed by atoms with Gasteiger partial charge in [-0.25, -0.2) is 0 Å². The molecule has 0 bridgehead atoms. The van der Waals surface area contributed by atoms with Gasteiger partial charge in [-0.05, 0) is 48.2 Å². The van der Waals surface area contributed by atoms with E-state index in [1.807, 2.05) is 0 Å². The molecule has 28 heavy (non-hydrogen) atoms. The van der Waals surface area contributed by atoms with Gasteiger partial charge >= 0.3 is 0 Å². The van der Waals surface area contributed by atoms with E-state index in [-0.39, 0.29) is 17.4 Å². The van der Waals surface area contributed by atoms with Crippen LogP contribution in [0.15, 0.2) is 47.4 Å². The smallest absolute Gasteiger partial charge is 0.290 e. The van der Waals surface area contributed by atoms with Gasteiger partial charge in [0.2, 0.25) is 0 Å². The highest BCUT2D eigenvalue weighted by molar-refractivity contribution is 8.18. The van der Waals surface area contributed by atoms with Gasteiger partial charge < -0.3 is 14.8 Å². The Morgan fingerprint density at radius 3 is 2.79 bits per heavy atom. The first kappa shape index (κ1) is 19.8. The molecule has 2 N–H and O–H groups in total. The molecule has 7 nitrogen and oxygen atoms in total. The molecular weight excluding hydrogens is 404 g/mol. The summed E-state index contributed by atoms with van der Waals surface area (Å²) in [6, 6.07) is 11.7. The third-order valence-corrected chi connectivity index (χ3v) is 4.66. The lowest BCUT2D eigenvalue weighted by Crippen LogP contribution is -2.20. The Morgan fingerprint density at radius 1 is 1.25 bits per heavy atom. The molecule has 144 valence electrons. The van der Waals surface area contributed by atoms with Crippen LogP contribution in [-0.4, -0.2) is 30.8 Å². The molecule has 1 fully saturated rings. The Bertz CT molecular complexity index is 977. The molecule has 3 rings (SSSR count). The van der Waals surface area contributed by atoms with Gasteiger partial charge in [0.05, 0.1) is 12.0 Å². The van der Waals surface area contributed by atoms with E-state index in [1.54, 1.807) is 42.5 Å². The summed E-state index contributed by atoms with van der Waals surface area (Å²) < 4.78 is 10.7. The zero-order valence-electron chi connectivity index (χ0n) is 14.7. The minimum absolute atomic E-state index is 0.220. The summed E-state index contributed by atoms with van der Waals surface area (Å²) in [6.45, 7) is -0.257. The van der Waals surface area contributed by atoms with Crippen molar-refractivity contribution < 1.29 is 23.9 Å². The fourth-order valence-corrected chi connectivity index (χ4v) is 3.22. The lowest BCUT2D eigenvalue weighted by molar-refractivity contribution is -0.118. The van der Waals surface area contributed by atoms with Crippen LogP contribution in [0.3, 0.4) is 0 Å². The van der Waals surface area contributed by atoms with Gasteiger partial charge in [-0.15, -0.1) is 0 Å².